The molecule has 25 heavy (non-hydrogen) atoms. The first-order chi connectivity index (χ1) is 12.0. The topological polar surface area (TPSA) is 9.72 Å². The third kappa shape index (κ3) is 4.25. The summed E-state index contributed by atoms with van der Waals surface area (Å²) in [7, 11) is -2.18. The summed E-state index contributed by atoms with van der Waals surface area (Å²) in [5.41, 5.74) is 2.41. The lowest BCUT2D eigenvalue weighted by atomic mass is 10.1. The van der Waals surface area contributed by atoms with Gasteiger partial charge in [-0.1, -0.05) is 78.0 Å². The van der Waals surface area contributed by atoms with Crippen LogP contribution in [0.15, 0.2) is 30.8 Å². The largest absolute Gasteiger partial charge is 0.323 e. The van der Waals surface area contributed by atoms with E-state index in [0.29, 0.717) is 0 Å². The van der Waals surface area contributed by atoms with Crippen molar-refractivity contribution < 1.29 is 0 Å². The lowest BCUT2D eigenvalue weighted by molar-refractivity contribution is 0.276. The summed E-state index contributed by atoms with van der Waals surface area (Å²) in [6, 6.07) is 9.17. The molecule has 0 heterocycles. The first-order valence-corrected chi connectivity index (χ1v) is 11.8. The molecule has 0 radical (unpaired) electrons. The molecule has 0 saturated heterocycles. The van der Waals surface area contributed by atoms with E-state index in [-0.39, 0.29) is 0 Å². The fourth-order valence-corrected chi connectivity index (χ4v) is 9.74. The van der Waals surface area contributed by atoms with E-state index in [0.717, 1.165) is 44.8 Å². The first-order valence-electron chi connectivity index (χ1n) is 9.99. The van der Waals surface area contributed by atoms with Gasteiger partial charge in [0.2, 0.25) is 0 Å². The van der Waals surface area contributed by atoms with Crippen LogP contribution in [0.5, 0.6) is 0 Å². The van der Waals surface area contributed by atoms with E-state index in [9.17, 15) is 0 Å². The predicted octanol–water partition coefficient (Wildman–Crippen LogP) is 3.89. The highest BCUT2D eigenvalue weighted by molar-refractivity contribution is 6.84. The smallest absolute Gasteiger partial charge is 0.296 e. The first kappa shape index (κ1) is 22.1. The van der Waals surface area contributed by atoms with Crippen molar-refractivity contribution in [3.8, 4) is 0 Å². The summed E-state index contributed by atoms with van der Waals surface area (Å²) in [4.78, 5) is 0. The van der Waals surface area contributed by atoms with E-state index < -0.39 is 8.56 Å². The van der Waals surface area contributed by atoms with Gasteiger partial charge in [0.1, 0.15) is 0 Å². The molecule has 0 saturated carbocycles. The minimum atomic E-state index is -2.18. The van der Waals surface area contributed by atoms with E-state index in [1.165, 1.54) is 10.8 Å². The highest BCUT2D eigenvalue weighted by atomic mass is 28.4. The molecule has 0 atom stereocenters. The Morgan fingerprint density at radius 2 is 1.20 bits per heavy atom. The Morgan fingerprint density at radius 3 is 1.52 bits per heavy atom. The Morgan fingerprint density at radius 1 is 0.800 bits per heavy atom. The third-order valence-electron chi connectivity index (χ3n) is 5.36. The van der Waals surface area contributed by atoms with E-state index in [4.69, 9.17) is 0 Å². The Hall–Kier alpha value is -0.943. The second-order valence-corrected chi connectivity index (χ2v) is 10.3. The number of hydrogen-bond acceptors (Lipinski definition) is 3. The molecule has 142 valence electrons. The maximum Gasteiger partial charge on any atom is 0.323 e. The van der Waals surface area contributed by atoms with E-state index >= 15 is 0 Å². The Balaban J connectivity index is 3.78. The van der Waals surface area contributed by atoms with Crippen LogP contribution in [0.3, 0.4) is 0 Å². The van der Waals surface area contributed by atoms with Gasteiger partial charge in [0.15, 0.2) is 0 Å². The van der Waals surface area contributed by atoms with Crippen molar-refractivity contribution >= 4 is 19.3 Å². The van der Waals surface area contributed by atoms with Crippen LogP contribution in [0.25, 0.3) is 5.57 Å². The quantitative estimate of drug-likeness (QED) is 0.554. The van der Waals surface area contributed by atoms with Crippen molar-refractivity contribution in [3.05, 3.63) is 36.4 Å². The molecule has 0 unspecified atom stereocenters. The van der Waals surface area contributed by atoms with Crippen LogP contribution >= 0.6 is 0 Å². The zero-order valence-corrected chi connectivity index (χ0v) is 18.6. The summed E-state index contributed by atoms with van der Waals surface area (Å²) in [5.74, 6) is 0. The zero-order chi connectivity index (χ0) is 19.0. The predicted molar refractivity (Wildman–Crippen MR) is 115 cm³/mol. The number of hydrogen-bond donors (Lipinski definition) is 0. The van der Waals surface area contributed by atoms with Crippen LogP contribution < -0.4 is 5.19 Å². The molecule has 0 N–H and O–H groups in total. The van der Waals surface area contributed by atoms with Crippen molar-refractivity contribution in [3.63, 3.8) is 0 Å². The van der Waals surface area contributed by atoms with Crippen molar-refractivity contribution in [1.29, 1.82) is 0 Å². The third-order valence-corrected chi connectivity index (χ3v) is 11.0. The highest BCUT2D eigenvalue weighted by Gasteiger charge is 2.50. The molecular formula is C21H39N3Si. The van der Waals surface area contributed by atoms with Crippen molar-refractivity contribution in [1.82, 2.24) is 13.7 Å². The Kier molecular flexibility index (Phi) is 9.07. The number of allylic oxidation sites excluding steroid dienone is 1. The molecule has 0 aliphatic rings. The molecule has 1 aromatic carbocycles. The maximum atomic E-state index is 4.18. The van der Waals surface area contributed by atoms with E-state index in [1.807, 2.05) is 0 Å². The SMILES string of the molecule is C=C(C)c1cccc([Si](N(CC)CC)(N(CC)CC)N(CC)CC)c1. The van der Waals surface area contributed by atoms with Gasteiger partial charge in [0.05, 0.1) is 0 Å². The second kappa shape index (κ2) is 10.3. The average molecular weight is 362 g/mol. The summed E-state index contributed by atoms with van der Waals surface area (Å²) < 4.78 is 8.22. The van der Waals surface area contributed by atoms with Crippen molar-refractivity contribution in [2.45, 2.75) is 48.5 Å². The molecule has 4 heteroatoms. The average Bonchev–Trinajstić information content (AvgIpc) is 2.63. The van der Waals surface area contributed by atoms with Gasteiger partial charge in [0.25, 0.3) is 0 Å². The number of benzene rings is 1. The summed E-state index contributed by atoms with van der Waals surface area (Å²) in [6.07, 6.45) is 0. The standard InChI is InChI=1S/C21H39N3Si/c1-9-22(10-2)25(23(11-3)12-4,24(13-5)14-6)21-17-15-16-20(18-21)19(7)8/h15-18H,7,9-14H2,1-6,8H3. The van der Waals surface area contributed by atoms with Crippen LogP contribution in [0.1, 0.15) is 54.0 Å². The lowest BCUT2D eigenvalue weighted by Gasteiger charge is -2.53. The van der Waals surface area contributed by atoms with Crippen LogP contribution in [-0.4, -0.2) is 61.5 Å². The summed E-state index contributed by atoms with van der Waals surface area (Å²) in [6.45, 7) is 26.6. The van der Waals surface area contributed by atoms with Gasteiger partial charge < -0.3 is 0 Å². The molecular weight excluding hydrogens is 322 g/mol. The fourth-order valence-electron chi connectivity index (χ4n) is 4.13. The van der Waals surface area contributed by atoms with E-state index in [1.54, 1.807) is 0 Å². The summed E-state index contributed by atoms with van der Waals surface area (Å²) in [5, 5.41) is 1.49. The Bertz CT molecular complexity index is 500. The molecule has 3 nitrogen and oxygen atoms in total. The Labute approximate surface area is 157 Å². The highest BCUT2D eigenvalue weighted by Crippen LogP contribution is 2.23. The molecule has 0 amide bonds. The van der Waals surface area contributed by atoms with Crippen LogP contribution in [0.2, 0.25) is 0 Å². The van der Waals surface area contributed by atoms with Crippen LogP contribution in [0.4, 0.5) is 0 Å². The van der Waals surface area contributed by atoms with Crippen molar-refractivity contribution in [2.24, 2.45) is 0 Å². The van der Waals surface area contributed by atoms with E-state index in [2.05, 4.69) is 93.0 Å². The molecule has 0 fully saturated rings. The van der Waals surface area contributed by atoms with Gasteiger partial charge in [-0.2, -0.15) is 0 Å². The van der Waals surface area contributed by atoms with Crippen LogP contribution in [0, 0.1) is 0 Å². The number of nitrogens with zero attached hydrogens (tertiary/aromatic N) is 3. The molecule has 1 rings (SSSR count). The van der Waals surface area contributed by atoms with Gasteiger partial charge in [-0.15, -0.1) is 0 Å². The summed E-state index contributed by atoms with van der Waals surface area (Å²) >= 11 is 0. The zero-order valence-electron chi connectivity index (χ0n) is 17.6. The van der Waals surface area contributed by atoms with Crippen LogP contribution in [-0.2, 0) is 0 Å². The molecule has 0 bridgehead atoms. The molecule has 0 spiro atoms. The van der Waals surface area contributed by atoms with Gasteiger partial charge in [-0.3, -0.25) is 13.7 Å². The monoisotopic (exact) mass is 361 g/mol. The molecule has 0 aliphatic heterocycles. The van der Waals surface area contributed by atoms with Gasteiger partial charge in [-0.05, 0) is 56.9 Å². The number of rotatable bonds is 11. The normalized spacial score (nSPS) is 12.4. The minimum absolute atomic E-state index is 1.08. The second-order valence-electron chi connectivity index (χ2n) is 6.51. The van der Waals surface area contributed by atoms with Gasteiger partial charge in [0, 0.05) is 0 Å². The van der Waals surface area contributed by atoms with Gasteiger partial charge >= 0.3 is 8.56 Å². The fraction of sp³-hybridized carbons (Fsp3) is 0.619. The van der Waals surface area contributed by atoms with Crippen molar-refractivity contribution in [2.75, 3.05) is 39.3 Å². The van der Waals surface area contributed by atoms with Gasteiger partial charge in [-0.25, -0.2) is 0 Å². The lowest BCUT2D eigenvalue weighted by Crippen LogP contribution is -2.81. The maximum absolute atomic E-state index is 4.18. The molecule has 1 aromatic rings. The molecule has 0 aromatic heterocycles. The molecule has 0 aliphatic carbocycles. The minimum Gasteiger partial charge on any atom is -0.296 e.